The lowest BCUT2D eigenvalue weighted by Crippen LogP contribution is -2.45. The summed E-state index contributed by atoms with van der Waals surface area (Å²) in [7, 11) is 9.67. The van der Waals surface area contributed by atoms with E-state index < -0.39 is 18.9 Å². The Labute approximate surface area is 169 Å². The van der Waals surface area contributed by atoms with Gasteiger partial charge in [0.25, 0.3) is 0 Å². The highest BCUT2D eigenvalue weighted by Crippen LogP contribution is 2.07. The molecule has 170 valence electrons. The highest BCUT2D eigenvalue weighted by Gasteiger charge is 2.22. The molecule has 0 aromatic rings. The largest absolute Gasteiger partial charge is 0.382 e. The van der Waals surface area contributed by atoms with Crippen molar-refractivity contribution in [2.24, 2.45) is 0 Å². The second kappa shape index (κ2) is 19.9. The van der Waals surface area contributed by atoms with E-state index in [1.807, 2.05) is 4.90 Å². The van der Waals surface area contributed by atoms with Crippen molar-refractivity contribution in [3.8, 4) is 0 Å². The lowest BCUT2D eigenvalue weighted by Gasteiger charge is -2.31. The molecule has 0 rings (SSSR count). The first-order valence-corrected chi connectivity index (χ1v) is 9.27. The van der Waals surface area contributed by atoms with Crippen molar-refractivity contribution in [1.29, 1.82) is 0 Å². The van der Waals surface area contributed by atoms with E-state index >= 15 is 0 Å². The van der Waals surface area contributed by atoms with Crippen LogP contribution in [-0.4, -0.2) is 126 Å². The normalized spacial score (nSPS) is 15.1. The molecule has 0 saturated carbocycles. The average molecular weight is 414 g/mol. The molecule has 3 atom stereocenters. The van der Waals surface area contributed by atoms with Gasteiger partial charge in [0.15, 0.2) is 18.9 Å². The molecular weight excluding hydrogens is 374 g/mol. The van der Waals surface area contributed by atoms with Crippen LogP contribution in [0.25, 0.3) is 0 Å². The van der Waals surface area contributed by atoms with Crippen LogP contribution in [0.4, 0.5) is 0 Å². The smallest absolute Gasteiger partial charge is 0.169 e. The molecule has 0 spiro atoms. The van der Waals surface area contributed by atoms with Crippen LogP contribution < -0.4 is 0 Å². The summed E-state index contributed by atoms with van der Waals surface area (Å²) in [6.07, 6.45) is -1.32. The van der Waals surface area contributed by atoms with Gasteiger partial charge in [0, 0.05) is 62.3 Å². The second-order valence-corrected chi connectivity index (χ2v) is 5.81. The molecule has 10 nitrogen and oxygen atoms in total. The SMILES string of the molecule is COCCOC(CN(CC(OC)OCCOC)CC(OC)OCCOC)OC. The number of methoxy groups -OCH3 is 6. The fourth-order valence-corrected chi connectivity index (χ4v) is 2.23. The molecule has 0 aromatic heterocycles. The molecule has 10 heteroatoms. The van der Waals surface area contributed by atoms with E-state index in [9.17, 15) is 0 Å². The molecule has 0 fully saturated rings. The first kappa shape index (κ1) is 27.6. The summed E-state index contributed by atoms with van der Waals surface area (Å²) < 4.78 is 48.4. The van der Waals surface area contributed by atoms with Gasteiger partial charge in [-0.1, -0.05) is 0 Å². The molecule has 0 aliphatic carbocycles. The molecule has 0 N–H and O–H groups in total. The van der Waals surface area contributed by atoms with Gasteiger partial charge in [-0.2, -0.15) is 0 Å². The molecule has 0 aliphatic rings. The Kier molecular flexibility index (Phi) is 19.6. The van der Waals surface area contributed by atoms with Crippen molar-refractivity contribution in [3.05, 3.63) is 0 Å². The van der Waals surface area contributed by atoms with Gasteiger partial charge in [-0.3, -0.25) is 4.90 Å². The topological polar surface area (TPSA) is 86.3 Å². The summed E-state index contributed by atoms with van der Waals surface area (Å²) in [5.74, 6) is 0. The maximum absolute atomic E-state index is 5.70. The molecule has 0 amide bonds. The number of nitrogens with zero attached hydrogens (tertiary/aromatic N) is 1. The lowest BCUT2D eigenvalue weighted by atomic mass is 10.4. The van der Waals surface area contributed by atoms with E-state index in [2.05, 4.69) is 0 Å². The monoisotopic (exact) mass is 413 g/mol. The Morgan fingerprint density at radius 1 is 0.464 bits per heavy atom. The number of hydrogen-bond donors (Lipinski definition) is 0. The van der Waals surface area contributed by atoms with Gasteiger partial charge in [-0.25, -0.2) is 0 Å². The van der Waals surface area contributed by atoms with Gasteiger partial charge in [-0.05, 0) is 0 Å². The Balaban J connectivity index is 4.84. The van der Waals surface area contributed by atoms with Crippen molar-refractivity contribution in [2.75, 3.05) is 102 Å². The molecule has 0 aromatic carbocycles. The third-order valence-corrected chi connectivity index (χ3v) is 3.78. The summed E-state index contributed by atoms with van der Waals surface area (Å²) in [6.45, 7) is 4.17. The summed E-state index contributed by atoms with van der Waals surface area (Å²) in [4.78, 5) is 2.04. The van der Waals surface area contributed by atoms with E-state index in [1.165, 1.54) is 0 Å². The van der Waals surface area contributed by atoms with E-state index in [1.54, 1.807) is 42.7 Å². The predicted octanol–water partition coefficient (Wildman–Crippen LogP) is 0.195. The van der Waals surface area contributed by atoms with Gasteiger partial charge < -0.3 is 42.6 Å². The van der Waals surface area contributed by atoms with Crippen LogP contribution in [-0.2, 0) is 42.6 Å². The Morgan fingerprint density at radius 2 is 0.750 bits per heavy atom. The Hall–Kier alpha value is -0.400. The fraction of sp³-hybridized carbons (Fsp3) is 1.00. The number of ether oxygens (including phenoxy) is 9. The summed E-state index contributed by atoms with van der Waals surface area (Å²) in [6, 6.07) is 0. The summed E-state index contributed by atoms with van der Waals surface area (Å²) >= 11 is 0. The molecule has 28 heavy (non-hydrogen) atoms. The third-order valence-electron chi connectivity index (χ3n) is 3.78. The van der Waals surface area contributed by atoms with Crippen LogP contribution in [0, 0.1) is 0 Å². The lowest BCUT2D eigenvalue weighted by molar-refractivity contribution is -0.187. The molecule has 0 heterocycles. The molecule has 0 radical (unpaired) electrons. The summed E-state index contributed by atoms with van der Waals surface area (Å²) in [5, 5.41) is 0. The minimum Gasteiger partial charge on any atom is -0.382 e. The van der Waals surface area contributed by atoms with Crippen molar-refractivity contribution in [3.63, 3.8) is 0 Å². The zero-order valence-corrected chi connectivity index (χ0v) is 18.2. The Bertz CT molecular complexity index is 278. The maximum Gasteiger partial charge on any atom is 0.169 e. The minimum atomic E-state index is -0.442. The van der Waals surface area contributed by atoms with E-state index in [-0.39, 0.29) is 0 Å². The van der Waals surface area contributed by atoms with E-state index in [0.717, 1.165) is 0 Å². The van der Waals surface area contributed by atoms with Crippen LogP contribution in [0.5, 0.6) is 0 Å². The molecule has 0 saturated heterocycles. The second-order valence-electron chi connectivity index (χ2n) is 5.81. The fourth-order valence-electron chi connectivity index (χ4n) is 2.23. The van der Waals surface area contributed by atoms with Crippen LogP contribution in [0.2, 0.25) is 0 Å². The zero-order chi connectivity index (χ0) is 21.0. The maximum atomic E-state index is 5.70. The predicted molar refractivity (Wildman–Crippen MR) is 102 cm³/mol. The van der Waals surface area contributed by atoms with Crippen molar-refractivity contribution in [2.45, 2.75) is 18.9 Å². The zero-order valence-electron chi connectivity index (χ0n) is 18.2. The average Bonchev–Trinajstić information content (AvgIpc) is 2.71. The van der Waals surface area contributed by atoms with Crippen LogP contribution in [0.3, 0.4) is 0 Å². The third kappa shape index (κ3) is 14.6. The van der Waals surface area contributed by atoms with Crippen molar-refractivity contribution >= 4 is 0 Å². The first-order valence-electron chi connectivity index (χ1n) is 9.27. The van der Waals surface area contributed by atoms with Gasteiger partial charge in [0.2, 0.25) is 0 Å². The Morgan fingerprint density at radius 3 is 0.964 bits per heavy atom. The highest BCUT2D eigenvalue weighted by molar-refractivity contribution is 4.65. The van der Waals surface area contributed by atoms with Gasteiger partial charge in [0.05, 0.1) is 39.6 Å². The van der Waals surface area contributed by atoms with Crippen molar-refractivity contribution < 1.29 is 42.6 Å². The van der Waals surface area contributed by atoms with E-state index in [0.29, 0.717) is 59.3 Å². The number of rotatable bonds is 21. The van der Waals surface area contributed by atoms with Crippen LogP contribution in [0.1, 0.15) is 0 Å². The molecule has 0 aliphatic heterocycles. The number of hydrogen-bond acceptors (Lipinski definition) is 10. The van der Waals surface area contributed by atoms with E-state index in [4.69, 9.17) is 42.6 Å². The quantitative estimate of drug-likeness (QED) is 0.192. The molecule has 0 bridgehead atoms. The highest BCUT2D eigenvalue weighted by atomic mass is 16.7. The molecule has 3 unspecified atom stereocenters. The first-order chi connectivity index (χ1) is 13.6. The standard InChI is InChI=1S/C18H39NO9/c1-20-7-10-26-16(23-4)13-19(14-17(24-5)27-11-8-21-2)15-18(25-6)28-12-9-22-3/h16-18H,7-15H2,1-6H3. The van der Waals surface area contributed by atoms with Crippen molar-refractivity contribution in [1.82, 2.24) is 4.90 Å². The van der Waals surface area contributed by atoms with Crippen LogP contribution >= 0.6 is 0 Å². The van der Waals surface area contributed by atoms with Gasteiger partial charge >= 0.3 is 0 Å². The van der Waals surface area contributed by atoms with Gasteiger partial charge in [-0.15, -0.1) is 0 Å². The van der Waals surface area contributed by atoms with Gasteiger partial charge in [0.1, 0.15) is 0 Å². The summed E-state index contributed by atoms with van der Waals surface area (Å²) in [5.41, 5.74) is 0. The van der Waals surface area contributed by atoms with Crippen LogP contribution in [0.15, 0.2) is 0 Å². The minimum absolute atomic E-state index is 0.430. The molecular formula is C18H39NO9.